The normalized spacial score (nSPS) is 21.4. The van der Waals surface area contributed by atoms with E-state index in [1.54, 1.807) is 0 Å². The molecule has 1 saturated heterocycles. The van der Waals surface area contributed by atoms with E-state index in [-0.39, 0.29) is 23.1 Å². The average molecular weight is 287 g/mol. The van der Waals surface area contributed by atoms with Crippen molar-refractivity contribution in [2.75, 3.05) is 25.2 Å². The molecule has 0 spiro atoms. The number of nitrogens with one attached hydrogen (secondary N) is 1. The second kappa shape index (κ2) is 5.70. The van der Waals surface area contributed by atoms with Crippen LogP contribution in [0.4, 0.5) is 0 Å². The molecule has 1 fully saturated rings. The van der Waals surface area contributed by atoms with Crippen LogP contribution in [-0.2, 0) is 16.4 Å². The first-order valence-electron chi connectivity index (χ1n) is 6.06. The van der Waals surface area contributed by atoms with Crippen LogP contribution in [0.2, 0.25) is 0 Å². The van der Waals surface area contributed by atoms with Gasteiger partial charge in [-0.3, -0.25) is 4.79 Å². The third-order valence-corrected chi connectivity index (χ3v) is 4.81. The zero-order valence-electron chi connectivity index (χ0n) is 10.7. The molecule has 1 atom stereocenters. The Labute approximate surface area is 111 Å². The van der Waals surface area contributed by atoms with Gasteiger partial charge in [0.15, 0.2) is 9.84 Å². The van der Waals surface area contributed by atoms with Crippen molar-refractivity contribution in [1.29, 1.82) is 0 Å². The van der Waals surface area contributed by atoms with E-state index in [1.165, 1.54) is 23.9 Å². The van der Waals surface area contributed by atoms with Crippen molar-refractivity contribution in [3.63, 3.8) is 0 Å². The molecular weight excluding hydrogens is 270 g/mol. The van der Waals surface area contributed by atoms with E-state index >= 15 is 0 Å². The summed E-state index contributed by atoms with van der Waals surface area (Å²) in [5.74, 6) is 0.790. The summed E-state index contributed by atoms with van der Waals surface area (Å²) < 4.78 is 28.8. The van der Waals surface area contributed by atoms with E-state index in [4.69, 9.17) is 4.74 Å². The predicted octanol–water partition coefficient (Wildman–Crippen LogP) is -0.971. The van der Waals surface area contributed by atoms with Crippen LogP contribution in [0.15, 0.2) is 16.9 Å². The third-order valence-electron chi connectivity index (χ3n) is 3.04. The first kappa shape index (κ1) is 14.0. The number of ether oxygens (including phenoxy) is 1. The number of aromatic nitrogens is 2. The van der Waals surface area contributed by atoms with Crippen LogP contribution in [0.5, 0.6) is 5.88 Å². The first-order valence-corrected chi connectivity index (χ1v) is 7.88. The highest BCUT2D eigenvalue weighted by Crippen LogP contribution is 2.10. The second-order valence-electron chi connectivity index (χ2n) is 4.49. The van der Waals surface area contributed by atoms with Gasteiger partial charge < -0.3 is 10.1 Å². The van der Waals surface area contributed by atoms with E-state index < -0.39 is 9.84 Å². The number of nitrogens with zero attached hydrogens (tertiary/aromatic N) is 2. The lowest BCUT2D eigenvalue weighted by atomic mass is 10.3. The number of sulfone groups is 1. The van der Waals surface area contributed by atoms with E-state index in [0.717, 1.165) is 0 Å². The Morgan fingerprint density at radius 2 is 2.32 bits per heavy atom. The van der Waals surface area contributed by atoms with Gasteiger partial charge in [-0.05, 0) is 6.42 Å². The molecule has 7 nitrogen and oxygen atoms in total. The highest BCUT2D eigenvalue weighted by atomic mass is 32.2. The molecule has 1 unspecified atom stereocenters. The Balaban J connectivity index is 1.88. The quantitative estimate of drug-likeness (QED) is 0.749. The summed E-state index contributed by atoms with van der Waals surface area (Å²) in [5.41, 5.74) is -0.207. The smallest absolute Gasteiger partial charge is 0.267 e. The molecule has 1 aromatic heterocycles. The van der Waals surface area contributed by atoms with Gasteiger partial charge in [-0.25, -0.2) is 13.1 Å². The maximum absolute atomic E-state index is 11.5. The van der Waals surface area contributed by atoms with Gasteiger partial charge in [0.05, 0.1) is 25.2 Å². The lowest BCUT2D eigenvalue weighted by Gasteiger charge is -2.11. The van der Waals surface area contributed by atoms with Gasteiger partial charge in [0, 0.05) is 24.7 Å². The molecule has 0 aliphatic carbocycles. The molecule has 0 saturated carbocycles. The molecule has 2 rings (SSSR count). The molecule has 2 heterocycles. The Morgan fingerprint density at radius 3 is 2.95 bits per heavy atom. The average Bonchev–Trinajstić information content (AvgIpc) is 2.71. The minimum atomic E-state index is -2.88. The Morgan fingerprint density at radius 1 is 1.53 bits per heavy atom. The fraction of sp³-hybridized carbons (Fsp3) is 0.636. The van der Waals surface area contributed by atoms with Crippen molar-refractivity contribution in [2.45, 2.75) is 19.0 Å². The van der Waals surface area contributed by atoms with E-state index in [0.29, 0.717) is 25.4 Å². The van der Waals surface area contributed by atoms with Gasteiger partial charge in [-0.1, -0.05) is 0 Å². The largest absolute Gasteiger partial charge is 0.480 e. The Kier molecular flexibility index (Phi) is 4.20. The second-order valence-corrected chi connectivity index (χ2v) is 6.72. The summed E-state index contributed by atoms with van der Waals surface area (Å²) in [4.78, 5) is 11.5. The topological polar surface area (TPSA) is 90.3 Å². The summed E-state index contributed by atoms with van der Waals surface area (Å²) in [6, 6.07) is 2.88. The lowest BCUT2D eigenvalue weighted by Crippen LogP contribution is -2.35. The monoisotopic (exact) mass is 287 g/mol. The molecule has 0 radical (unpaired) electrons. The van der Waals surface area contributed by atoms with Gasteiger partial charge in [-0.15, -0.1) is 5.10 Å². The summed E-state index contributed by atoms with van der Waals surface area (Å²) in [7, 11) is -1.39. The minimum Gasteiger partial charge on any atom is -0.480 e. The van der Waals surface area contributed by atoms with Gasteiger partial charge in [0.1, 0.15) is 0 Å². The van der Waals surface area contributed by atoms with Crippen LogP contribution < -0.4 is 15.6 Å². The van der Waals surface area contributed by atoms with Crippen LogP contribution in [0, 0.1) is 0 Å². The highest BCUT2D eigenvalue weighted by molar-refractivity contribution is 7.91. The summed E-state index contributed by atoms with van der Waals surface area (Å²) in [5, 5.41) is 7.14. The standard InChI is InChI=1S/C11H17N3O4S/c1-18-10-2-3-11(15)14(13-10)6-5-12-9-4-7-19(16,17)8-9/h2-3,9,12H,4-8H2,1H3. The molecule has 8 heteroatoms. The zero-order valence-corrected chi connectivity index (χ0v) is 11.5. The van der Waals surface area contributed by atoms with E-state index in [1.807, 2.05) is 0 Å². The zero-order chi connectivity index (χ0) is 13.9. The van der Waals surface area contributed by atoms with Gasteiger partial charge >= 0.3 is 0 Å². The number of methoxy groups -OCH3 is 1. The van der Waals surface area contributed by atoms with Crippen molar-refractivity contribution in [3.05, 3.63) is 22.5 Å². The van der Waals surface area contributed by atoms with Crippen LogP contribution in [0.1, 0.15) is 6.42 Å². The SMILES string of the molecule is COc1ccc(=O)n(CCNC2CCS(=O)(=O)C2)n1. The van der Waals surface area contributed by atoms with Crippen LogP contribution in [-0.4, -0.2) is 49.4 Å². The number of hydrogen-bond acceptors (Lipinski definition) is 6. The Hall–Kier alpha value is -1.41. The molecule has 1 aliphatic rings. The summed E-state index contributed by atoms with van der Waals surface area (Å²) >= 11 is 0. The fourth-order valence-electron chi connectivity index (χ4n) is 2.03. The van der Waals surface area contributed by atoms with Crippen LogP contribution in [0.25, 0.3) is 0 Å². The van der Waals surface area contributed by atoms with Crippen LogP contribution >= 0.6 is 0 Å². The molecule has 0 aromatic carbocycles. The van der Waals surface area contributed by atoms with Crippen molar-refractivity contribution in [2.24, 2.45) is 0 Å². The molecular formula is C11H17N3O4S. The van der Waals surface area contributed by atoms with Crippen molar-refractivity contribution in [1.82, 2.24) is 15.1 Å². The van der Waals surface area contributed by atoms with Crippen molar-refractivity contribution in [3.8, 4) is 5.88 Å². The molecule has 106 valence electrons. The molecule has 0 bridgehead atoms. The summed E-state index contributed by atoms with van der Waals surface area (Å²) in [6.45, 7) is 0.882. The van der Waals surface area contributed by atoms with Gasteiger partial charge in [0.2, 0.25) is 5.88 Å². The Bertz CT molecular complexity index is 596. The molecule has 0 amide bonds. The van der Waals surface area contributed by atoms with Crippen LogP contribution in [0.3, 0.4) is 0 Å². The summed E-state index contributed by atoms with van der Waals surface area (Å²) in [6.07, 6.45) is 0.628. The molecule has 1 aliphatic heterocycles. The first-order chi connectivity index (χ1) is 9.00. The lowest BCUT2D eigenvalue weighted by molar-refractivity contribution is 0.372. The minimum absolute atomic E-state index is 0.0219. The van der Waals surface area contributed by atoms with Crippen molar-refractivity contribution < 1.29 is 13.2 Å². The third kappa shape index (κ3) is 3.77. The van der Waals surface area contributed by atoms with E-state index in [2.05, 4.69) is 10.4 Å². The maximum Gasteiger partial charge on any atom is 0.267 e. The number of rotatable bonds is 5. The predicted molar refractivity (Wildman–Crippen MR) is 70.1 cm³/mol. The molecule has 19 heavy (non-hydrogen) atoms. The van der Waals surface area contributed by atoms with Crippen molar-refractivity contribution >= 4 is 9.84 Å². The number of hydrogen-bond donors (Lipinski definition) is 1. The van der Waals surface area contributed by atoms with E-state index in [9.17, 15) is 13.2 Å². The fourth-order valence-corrected chi connectivity index (χ4v) is 3.74. The van der Waals surface area contributed by atoms with Gasteiger partial charge in [-0.2, -0.15) is 0 Å². The highest BCUT2D eigenvalue weighted by Gasteiger charge is 2.27. The molecule has 1 N–H and O–H groups in total. The molecule has 1 aromatic rings. The maximum atomic E-state index is 11.5. The van der Waals surface area contributed by atoms with Gasteiger partial charge in [0.25, 0.3) is 5.56 Å².